The lowest BCUT2D eigenvalue weighted by Crippen LogP contribution is -2.32. The first kappa shape index (κ1) is 16.0. The summed E-state index contributed by atoms with van der Waals surface area (Å²) in [5.74, 6) is -0.499. The molecule has 7 heteroatoms. The highest BCUT2D eigenvalue weighted by atomic mass is 35.5. The van der Waals surface area contributed by atoms with Crippen LogP contribution in [-0.2, 0) is 0 Å². The van der Waals surface area contributed by atoms with Crippen molar-refractivity contribution < 1.29 is 13.7 Å². The Labute approximate surface area is 138 Å². The van der Waals surface area contributed by atoms with Gasteiger partial charge in [0.1, 0.15) is 12.1 Å². The summed E-state index contributed by atoms with van der Waals surface area (Å²) in [6.07, 6.45) is 2.28. The number of nitrogens with zero attached hydrogens (tertiary/aromatic N) is 2. The zero-order valence-electron chi connectivity index (χ0n) is 12.6. The summed E-state index contributed by atoms with van der Waals surface area (Å²) in [6.45, 7) is 1.38. The predicted octanol–water partition coefficient (Wildman–Crippen LogP) is 2.89. The molecule has 1 aromatic heterocycles. The zero-order valence-corrected chi connectivity index (χ0v) is 13.4. The van der Waals surface area contributed by atoms with Crippen LogP contribution in [0.1, 0.15) is 28.5 Å². The molecule has 2 atom stereocenters. The number of carbonyl (C=O) groups excluding carboxylic acids is 1. The molecule has 1 N–H and O–H groups in total. The number of likely N-dealkylation sites (tertiary alicyclic amines) is 1. The van der Waals surface area contributed by atoms with Crippen LogP contribution < -0.4 is 5.32 Å². The molecule has 5 nitrogen and oxygen atoms in total. The van der Waals surface area contributed by atoms with Crippen molar-refractivity contribution in [2.45, 2.75) is 12.5 Å². The number of benzene rings is 1. The standard InChI is InChI=1S/C16H17ClFN3O2/c1-21-6-4-11(9-19-16(22)14-5-7-23-20-14)15(21)10-2-3-12(17)13(18)8-10/h2-3,5,7-8,11,15H,4,6,9H2,1H3,(H,19,22)/t11-,15-/m1/s1. The van der Waals surface area contributed by atoms with Crippen LogP contribution in [0.4, 0.5) is 4.39 Å². The number of carbonyl (C=O) groups is 1. The minimum absolute atomic E-state index is 0.0411. The van der Waals surface area contributed by atoms with Crippen molar-refractivity contribution in [2.75, 3.05) is 20.1 Å². The Bertz CT molecular complexity index is 693. The quantitative estimate of drug-likeness (QED) is 0.932. The summed E-state index contributed by atoms with van der Waals surface area (Å²) >= 11 is 5.76. The Hall–Kier alpha value is -1.92. The minimum atomic E-state index is -0.421. The van der Waals surface area contributed by atoms with Gasteiger partial charge in [-0.1, -0.05) is 22.8 Å². The molecule has 1 aromatic carbocycles. The first-order valence-electron chi connectivity index (χ1n) is 7.40. The van der Waals surface area contributed by atoms with Crippen LogP contribution in [-0.4, -0.2) is 36.1 Å². The number of rotatable bonds is 4. The van der Waals surface area contributed by atoms with Gasteiger partial charge in [0.15, 0.2) is 5.69 Å². The first-order valence-corrected chi connectivity index (χ1v) is 7.78. The fraction of sp³-hybridized carbons (Fsp3) is 0.375. The smallest absolute Gasteiger partial charge is 0.273 e. The second-order valence-corrected chi connectivity index (χ2v) is 6.15. The lowest BCUT2D eigenvalue weighted by atomic mass is 9.93. The summed E-state index contributed by atoms with van der Waals surface area (Å²) in [5.41, 5.74) is 1.12. The monoisotopic (exact) mass is 337 g/mol. The SMILES string of the molecule is CN1CC[C@H](CNC(=O)c2ccon2)[C@H]1c1ccc(Cl)c(F)c1. The second kappa shape index (κ2) is 6.68. The third kappa shape index (κ3) is 3.38. The van der Waals surface area contributed by atoms with Crippen LogP contribution in [0.3, 0.4) is 0 Å². The Morgan fingerprint density at radius 1 is 1.52 bits per heavy atom. The van der Waals surface area contributed by atoms with Crippen molar-refractivity contribution in [1.29, 1.82) is 0 Å². The number of aromatic nitrogens is 1. The first-order chi connectivity index (χ1) is 11.1. The van der Waals surface area contributed by atoms with E-state index in [1.54, 1.807) is 6.07 Å². The Balaban J connectivity index is 1.71. The van der Waals surface area contributed by atoms with Gasteiger partial charge in [0.2, 0.25) is 0 Å². The summed E-state index contributed by atoms with van der Waals surface area (Å²) in [7, 11) is 2.00. The van der Waals surface area contributed by atoms with Crippen LogP contribution in [0.15, 0.2) is 35.1 Å². The summed E-state index contributed by atoms with van der Waals surface area (Å²) < 4.78 is 18.4. The Morgan fingerprint density at radius 2 is 2.35 bits per heavy atom. The van der Waals surface area contributed by atoms with E-state index in [2.05, 4.69) is 19.9 Å². The molecule has 1 fully saturated rings. The number of amides is 1. The van der Waals surface area contributed by atoms with Gasteiger partial charge < -0.3 is 9.84 Å². The van der Waals surface area contributed by atoms with E-state index in [0.717, 1.165) is 18.5 Å². The molecule has 0 unspecified atom stereocenters. The Kier molecular flexibility index (Phi) is 4.63. The highest BCUT2D eigenvalue weighted by Crippen LogP contribution is 2.36. The largest absolute Gasteiger partial charge is 0.364 e. The van der Waals surface area contributed by atoms with Gasteiger partial charge in [-0.3, -0.25) is 9.69 Å². The number of nitrogens with one attached hydrogen (secondary N) is 1. The van der Waals surface area contributed by atoms with Crippen molar-refractivity contribution in [1.82, 2.24) is 15.4 Å². The lowest BCUT2D eigenvalue weighted by molar-refractivity contribution is 0.0934. The fourth-order valence-electron chi connectivity index (χ4n) is 3.11. The van der Waals surface area contributed by atoms with Gasteiger partial charge in [-0.15, -0.1) is 0 Å². The van der Waals surface area contributed by atoms with E-state index in [1.807, 2.05) is 13.1 Å². The normalized spacial score (nSPS) is 21.5. The molecule has 23 heavy (non-hydrogen) atoms. The topological polar surface area (TPSA) is 58.4 Å². The third-order valence-corrected chi connectivity index (χ3v) is 4.56. The average molecular weight is 338 g/mol. The van der Waals surface area contributed by atoms with Gasteiger partial charge in [-0.2, -0.15) is 0 Å². The molecule has 0 radical (unpaired) electrons. The van der Waals surface area contributed by atoms with Crippen molar-refractivity contribution in [3.05, 3.63) is 52.6 Å². The lowest BCUT2D eigenvalue weighted by Gasteiger charge is -2.26. The molecule has 1 aliphatic heterocycles. The number of halogens is 2. The molecule has 0 spiro atoms. The highest BCUT2D eigenvalue weighted by molar-refractivity contribution is 6.30. The van der Waals surface area contributed by atoms with Gasteiger partial charge in [0.25, 0.3) is 5.91 Å². The maximum atomic E-state index is 13.7. The maximum Gasteiger partial charge on any atom is 0.273 e. The van der Waals surface area contributed by atoms with Crippen molar-refractivity contribution >= 4 is 17.5 Å². The second-order valence-electron chi connectivity index (χ2n) is 5.74. The van der Waals surface area contributed by atoms with E-state index < -0.39 is 5.82 Å². The van der Waals surface area contributed by atoms with E-state index in [9.17, 15) is 9.18 Å². The average Bonchev–Trinajstić information content (AvgIpc) is 3.18. The van der Waals surface area contributed by atoms with Gasteiger partial charge >= 0.3 is 0 Å². The zero-order chi connectivity index (χ0) is 16.4. The maximum absolute atomic E-state index is 13.7. The van der Waals surface area contributed by atoms with E-state index >= 15 is 0 Å². The molecule has 1 aliphatic rings. The number of hydrogen-bond acceptors (Lipinski definition) is 4. The van der Waals surface area contributed by atoms with Crippen molar-refractivity contribution in [3.63, 3.8) is 0 Å². The fourth-order valence-corrected chi connectivity index (χ4v) is 3.22. The molecule has 122 valence electrons. The highest BCUT2D eigenvalue weighted by Gasteiger charge is 2.33. The van der Waals surface area contributed by atoms with Gasteiger partial charge in [0, 0.05) is 18.7 Å². The molecular weight excluding hydrogens is 321 g/mol. The minimum Gasteiger partial charge on any atom is -0.364 e. The summed E-state index contributed by atoms with van der Waals surface area (Å²) in [4.78, 5) is 14.1. The molecule has 0 bridgehead atoms. The predicted molar refractivity (Wildman–Crippen MR) is 83.7 cm³/mol. The van der Waals surface area contributed by atoms with E-state index in [4.69, 9.17) is 11.6 Å². The van der Waals surface area contributed by atoms with E-state index in [1.165, 1.54) is 18.4 Å². The summed E-state index contributed by atoms with van der Waals surface area (Å²) in [5, 5.41) is 6.59. The molecule has 3 rings (SSSR count). The molecule has 2 aromatic rings. The van der Waals surface area contributed by atoms with E-state index in [0.29, 0.717) is 6.54 Å². The molecular formula is C16H17ClFN3O2. The van der Waals surface area contributed by atoms with Crippen molar-refractivity contribution in [2.24, 2.45) is 5.92 Å². The molecule has 0 aliphatic carbocycles. The molecule has 2 heterocycles. The summed E-state index contributed by atoms with van der Waals surface area (Å²) in [6, 6.07) is 6.44. The van der Waals surface area contributed by atoms with Crippen LogP contribution in [0.2, 0.25) is 5.02 Å². The van der Waals surface area contributed by atoms with Gasteiger partial charge in [-0.05, 0) is 43.6 Å². The van der Waals surface area contributed by atoms with Crippen LogP contribution in [0.25, 0.3) is 0 Å². The third-order valence-electron chi connectivity index (χ3n) is 4.25. The van der Waals surface area contributed by atoms with Gasteiger partial charge in [-0.25, -0.2) is 4.39 Å². The molecule has 0 saturated carbocycles. The number of hydrogen-bond donors (Lipinski definition) is 1. The van der Waals surface area contributed by atoms with Gasteiger partial charge in [0.05, 0.1) is 5.02 Å². The Morgan fingerprint density at radius 3 is 3.04 bits per heavy atom. The molecule has 1 saturated heterocycles. The molecule has 1 amide bonds. The van der Waals surface area contributed by atoms with Crippen LogP contribution in [0.5, 0.6) is 0 Å². The van der Waals surface area contributed by atoms with E-state index in [-0.39, 0.29) is 28.6 Å². The van der Waals surface area contributed by atoms with Crippen LogP contribution >= 0.6 is 11.6 Å². The van der Waals surface area contributed by atoms with Crippen LogP contribution in [0, 0.1) is 11.7 Å². The van der Waals surface area contributed by atoms with Crippen molar-refractivity contribution in [3.8, 4) is 0 Å².